The summed E-state index contributed by atoms with van der Waals surface area (Å²) in [7, 11) is 0. The molecule has 0 aliphatic heterocycles. The van der Waals surface area contributed by atoms with Gasteiger partial charge in [-0.1, -0.05) is 23.7 Å². The standard InChI is InChI=1S/C17H14ClN5O2/c18-12-5-1-2-6-13(12)21-15-8-14(11-4-3-7-19-9-11)22-17(23-15)20-10-16(24)25/h1-9H,10H2,(H,24,25)(H2,20,21,22,23). The van der Waals surface area contributed by atoms with E-state index in [1.807, 2.05) is 24.3 Å². The number of pyridine rings is 1. The third-order valence-electron chi connectivity index (χ3n) is 3.22. The Bertz CT molecular complexity index is 889. The lowest BCUT2D eigenvalue weighted by atomic mass is 10.2. The number of anilines is 3. The van der Waals surface area contributed by atoms with Crippen molar-refractivity contribution in [2.75, 3.05) is 17.2 Å². The van der Waals surface area contributed by atoms with Crippen molar-refractivity contribution in [3.63, 3.8) is 0 Å². The Labute approximate surface area is 148 Å². The molecule has 7 nitrogen and oxygen atoms in total. The average molecular weight is 356 g/mol. The molecule has 0 unspecified atom stereocenters. The van der Waals surface area contributed by atoms with Gasteiger partial charge in [-0.05, 0) is 24.3 Å². The monoisotopic (exact) mass is 355 g/mol. The van der Waals surface area contributed by atoms with Crippen LogP contribution in [0, 0.1) is 0 Å². The second-order valence-corrected chi connectivity index (χ2v) is 5.46. The molecule has 0 atom stereocenters. The van der Waals surface area contributed by atoms with E-state index in [0.717, 1.165) is 5.56 Å². The Hall–Kier alpha value is -3.19. The van der Waals surface area contributed by atoms with Crippen molar-refractivity contribution in [1.29, 1.82) is 0 Å². The summed E-state index contributed by atoms with van der Waals surface area (Å²) in [6.45, 7) is -0.290. The Morgan fingerprint density at radius 1 is 1.16 bits per heavy atom. The van der Waals surface area contributed by atoms with E-state index in [4.69, 9.17) is 16.7 Å². The molecule has 3 rings (SSSR count). The van der Waals surface area contributed by atoms with E-state index >= 15 is 0 Å². The highest BCUT2D eigenvalue weighted by atomic mass is 35.5. The summed E-state index contributed by atoms with van der Waals surface area (Å²) in [5, 5.41) is 15.2. The van der Waals surface area contributed by atoms with Gasteiger partial charge in [0.2, 0.25) is 5.95 Å². The second-order valence-electron chi connectivity index (χ2n) is 5.06. The van der Waals surface area contributed by atoms with Crippen LogP contribution in [0.5, 0.6) is 0 Å². The van der Waals surface area contributed by atoms with E-state index < -0.39 is 5.97 Å². The Balaban J connectivity index is 1.97. The lowest BCUT2D eigenvalue weighted by Crippen LogP contribution is -2.15. The SMILES string of the molecule is O=C(O)CNc1nc(Nc2ccccc2Cl)cc(-c2cccnc2)n1. The number of halogens is 1. The molecule has 0 saturated carbocycles. The van der Waals surface area contributed by atoms with Crippen LogP contribution in [0.2, 0.25) is 5.02 Å². The summed E-state index contributed by atoms with van der Waals surface area (Å²) in [5.74, 6) is -0.329. The second kappa shape index (κ2) is 7.59. The molecular formula is C17H14ClN5O2. The predicted octanol–water partition coefficient (Wildman–Crippen LogP) is 3.43. The van der Waals surface area contributed by atoms with Gasteiger partial charge in [-0.3, -0.25) is 9.78 Å². The maximum Gasteiger partial charge on any atom is 0.322 e. The van der Waals surface area contributed by atoms with Crippen LogP contribution >= 0.6 is 11.6 Å². The number of aromatic nitrogens is 3. The number of nitrogens with zero attached hydrogens (tertiary/aromatic N) is 3. The minimum Gasteiger partial charge on any atom is -0.480 e. The highest BCUT2D eigenvalue weighted by molar-refractivity contribution is 6.33. The number of carboxylic acid groups (broad SMARTS) is 1. The lowest BCUT2D eigenvalue weighted by Gasteiger charge is -2.11. The van der Waals surface area contributed by atoms with Crippen LogP contribution in [-0.2, 0) is 4.79 Å². The first kappa shape index (κ1) is 16.7. The lowest BCUT2D eigenvalue weighted by molar-refractivity contribution is -0.134. The molecule has 0 spiro atoms. The van der Waals surface area contributed by atoms with Gasteiger partial charge in [0.1, 0.15) is 12.4 Å². The minimum atomic E-state index is -1.00. The molecule has 2 heterocycles. The fourth-order valence-electron chi connectivity index (χ4n) is 2.11. The maximum atomic E-state index is 10.8. The van der Waals surface area contributed by atoms with Gasteiger partial charge in [0, 0.05) is 24.0 Å². The van der Waals surface area contributed by atoms with Crippen molar-refractivity contribution in [2.45, 2.75) is 0 Å². The Morgan fingerprint density at radius 2 is 2.00 bits per heavy atom. The highest BCUT2D eigenvalue weighted by Gasteiger charge is 2.09. The quantitative estimate of drug-likeness (QED) is 0.622. The molecule has 0 fully saturated rings. The topological polar surface area (TPSA) is 100 Å². The normalized spacial score (nSPS) is 10.3. The van der Waals surface area contributed by atoms with Gasteiger partial charge < -0.3 is 15.7 Å². The fraction of sp³-hybridized carbons (Fsp3) is 0.0588. The number of hydrogen-bond donors (Lipinski definition) is 3. The summed E-state index contributed by atoms with van der Waals surface area (Å²) in [4.78, 5) is 23.5. The molecule has 2 aromatic heterocycles. The number of carboxylic acids is 1. The highest BCUT2D eigenvalue weighted by Crippen LogP contribution is 2.27. The van der Waals surface area contributed by atoms with Crippen LogP contribution in [0.1, 0.15) is 0 Å². The predicted molar refractivity (Wildman–Crippen MR) is 96.1 cm³/mol. The fourth-order valence-corrected chi connectivity index (χ4v) is 2.29. The molecule has 0 amide bonds. The van der Waals surface area contributed by atoms with Crippen molar-refractivity contribution in [3.8, 4) is 11.3 Å². The number of aliphatic carboxylic acids is 1. The van der Waals surface area contributed by atoms with E-state index in [1.165, 1.54) is 0 Å². The molecule has 0 aliphatic carbocycles. The molecule has 8 heteroatoms. The van der Waals surface area contributed by atoms with Gasteiger partial charge >= 0.3 is 5.97 Å². The Morgan fingerprint density at radius 3 is 2.72 bits per heavy atom. The summed E-state index contributed by atoms with van der Waals surface area (Å²) in [6, 6.07) is 12.6. The van der Waals surface area contributed by atoms with E-state index in [-0.39, 0.29) is 12.5 Å². The zero-order chi connectivity index (χ0) is 17.6. The number of nitrogens with one attached hydrogen (secondary N) is 2. The van der Waals surface area contributed by atoms with Crippen molar-refractivity contribution in [3.05, 3.63) is 59.9 Å². The van der Waals surface area contributed by atoms with Crippen LogP contribution in [0.3, 0.4) is 0 Å². The number of hydrogen-bond acceptors (Lipinski definition) is 6. The molecule has 0 radical (unpaired) electrons. The maximum absolute atomic E-state index is 10.8. The molecule has 3 N–H and O–H groups in total. The van der Waals surface area contributed by atoms with E-state index in [2.05, 4.69) is 25.6 Å². The van der Waals surface area contributed by atoms with E-state index in [0.29, 0.717) is 22.2 Å². The van der Waals surface area contributed by atoms with Gasteiger partial charge in [0.25, 0.3) is 0 Å². The average Bonchev–Trinajstić information content (AvgIpc) is 2.62. The van der Waals surface area contributed by atoms with Gasteiger partial charge in [0.15, 0.2) is 0 Å². The zero-order valence-electron chi connectivity index (χ0n) is 13.0. The zero-order valence-corrected chi connectivity index (χ0v) is 13.7. The van der Waals surface area contributed by atoms with Crippen LogP contribution in [-0.4, -0.2) is 32.6 Å². The Kier molecular flexibility index (Phi) is 5.06. The van der Waals surface area contributed by atoms with Crippen molar-refractivity contribution in [1.82, 2.24) is 15.0 Å². The van der Waals surface area contributed by atoms with Gasteiger partial charge in [0.05, 0.1) is 16.4 Å². The number of carbonyl (C=O) groups is 1. The van der Waals surface area contributed by atoms with Crippen molar-refractivity contribution >= 4 is 35.0 Å². The molecule has 0 saturated heterocycles. The van der Waals surface area contributed by atoms with E-state index in [1.54, 1.807) is 30.6 Å². The van der Waals surface area contributed by atoms with Crippen molar-refractivity contribution < 1.29 is 9.90 Å². The smallest absolute Gasteiger partial charge is 0.322 e. The molecule has 0 bridgehead atoms. The summed E-state index contributed by atoms with van der Waals surface area (Å²) >= 11 is 6.16. The minimum absolute atomic E-state index is 0.193. The van der Waals surface area contributed by atoms with Crippen LogP contribution in [0.15, 0.2) is 54.9 Å². The van der Waals surface area contributed by atoms with Crippen molar-refractivity contribution in [2.24, 2.45) is 0 Å². The summed E-state index contributed by atoms with van der Waals surface area (Å²) in [6.07, 6.45) is 3.33. The first-order chi connectivity index (χ1) is 12.1. The van der Waals surface area contributed by atoms with Crippen LogP contribution in [0.4, 0.5) is 17.5 Å². The van der Waals surface area contributed by atoms with Crippen LogP contribution in [0.25, 0.3) is 11.3 Å². The number of rotatable bonds is 6. The largest absolute Gasteiger partial charge is 0.480 e. The van der Waals surface area contributed by atoms with Gasteiger partial charge in [-0.15, -0.1) is 0 Å². The molecular weight excluding hydrogens is 342 g/mol. The van der Waals surface area contributed by atoms with Gasteiger partial charge in [-0.2, -0.15) is 4.98 Å². The third-order valence-corrected chi connectivity index (χ3v) is 3.55. The van der Waals surface area contributed by atoms with Gasteiger partial charge in [-0.25, -0.2) is 4.98 Å². The molecule has 1 aromatic carbocycles. The molecule has 0 aliphatic rings. The molecule has 25 heavy (non-hydrogen) atoms. The van der Waals surface area contributed by atoms with E-state index in [9.17, 15) is 4.79 Å². The number of benzene rings is 1. The van der Waals surface area contributed by atoms with Crippen LogP contribution < -0.4 is 10.6 Å². The third kappa shape index (κ3) is 4.42. The first-order valence-electron chi connectivity index (χ1n) is 7.38. The molecule has 126 valence electrons. The molecule has 3 aromatic rings. The number of para-hydroxylation sites is 1. The first-order valence-corrected chi connectivity index (χ1v) is 7.76. The summed E-state index contributed by atoms with van der Waals surface area (Å²) in [5.41, 5.74) is 2.07. The summed E-state index contributed by atoms with van der Waals surface area (Å²) < 4.78 is 0.